The minimum Gasteiger partial charge on any atom is -0.492 e. The Balaban J connectivity index is 1.29. The van der Waals surface area contributed by atoms with Gasteiger partial charge in [0.1, 0.15) is 16.3 Å². The van der Waals surface area contributed by atoms with Crippen LogP contribution < -0.4 is 25.2 Å². The lowest BCUT2D eigenvalue weighted by Gasteiger charge is -2.31. The van der Waals surface area contributed by atoms with Crippen LogP contribution in [0.4, 0.5) is 11.4 Å². The van der Waals surface area contributed by atoms with Gasteiger partial charge in [-0.05, 0) is 57.2 Å². The lowest BCUT2D eigenvalue weighted by molar-refractivity contribution is -0.113. The fraction of sp³-hybridized carbons (Fsp3) is 0.424. The molecule has 3 heterocycles. The monoisotopic (exact) mass is 634 g/mol. The van der Waals surface area contributed by atoms with Crippen molar-refractivity contribution in [2.75, 3.05) is 55.5 Å². The summed E-state index contributed by atoms with van der Waals surface area (Å²) >= 11 is 2.89. The Labute approximate surface area is 265 Å². The van der Waals surface area contributed by atoms with Gasteiger partial charge in [0.2, 0.25) is 5.91 Å². The summed E-state index contributed by atoms with van der Waals surface area (Å²) in [5.74, 6) is 1.10. The molecule has 6 rings (SSSR count). The third kappa shape index (κ3) is 6.45. The Morgan fingerprint density at radius 1 is 1.02 bits per heavy atom. The molecule has 11 heteroatoms. The third-order valence-electron chi connectivity index (χ3n) is 7.84. The number of fused-ring (bicyclic) bond motifs is 3. The lowest BCUT2D eigenvalue weighted by atomic mass is 10.1. The summed E-state index contributed by atoms with van der Waals surface area (Å²) in [7, 11) is 0. The molecule has 44 heavy (non-hydrogen) atoms. The van der Waals surface area contributed by atoms with Gasteiger partial charge < -0.3 is 24.4 Å². The zero-order chi connectivity index (χ0) is 30.5. The van der Waals surface area contributed by atoms with Crippen LogP contribution in [0.1, 0.15) is 43.6 Å². The van der Waals surface area contributed by atoms with E-state index < -0.39 is 0 Å². The minimum absolute atomic E-state index is 0.0661. The number of carbonyl (C=O) groups excluding carboxylic acids is 1. The molecule has 1 aliphatic heterocycles. The maximum absolute atomic E-state index is 14.1. The highest BCUT2D eigenvalue weighted by atomic mass is 32.2. The number of carbonyl (C=O) groups is 1. The molecule has 1 saturated heterocycles. The number of aromatic nitrogens is 2. The van der Waals surface area contributed by atoms with Gasteiger partial charge in [0, 0.05) is 30.1 Å². The van der Waals surface area contributed by atoms with Crippen LogP contribution in [0.25, 0.3) is 15.9 Å². The number of benzene rings is 2. The molecule has 2 aliphatic rings. The Bertz CT molecular complexity index is 1680. The van der Waals surface area contributed by atoms with E-state index in [1.54, 1.807) is 15.9 Å². The molecule has 232 valence electrons. The Hall–Kier alpha value is -3.54. The number of ether oxygens (including phenoxy) is 3. The molecule has 1 aliphatic carbocycles. The van der Waals surface area contributed by atoms with E-state index in [-0.39, 0.29) is 17.2 Å². The molecule has 1 N–H and O–H groups in total. The van der Waals surface area contributed by atoms with Crippen molar-refractivity contribution >= 4 is 50.6 Å². The van der Waals surface area contributed by atoms with Gasteiger partial charge in [0.15, 0.2) is 5.16 Å². The van der Waals surface area contributed by atoms with Crippen LogP contribution in [0, 0.1) is 0 Å². The summed E-state index contributed by atoms with van der Waals surface area (Å²) in [5.41, 5.74) is 3.30. The summed E-state index contributed by atoms with van der Waals surface area (Å²) in [6, 6.07) is 13.3. The average molecular weight is 635 g/mol. The highest BCUT2D eigenvalue weighted by Crippen LogP contribution is 2.40. The molecule has 0 saturated carbocycles. The number of hydrogen-bond acceptors (Lipinski definition) is 9. The van der Waals surface area contributed by atoms with Gasteiger partial charge in [-0.3, -0.25) is 14.2 Å². The molecule has 0 atom stereocenters. The number of thioether (sulfide) groups is 1. The molecule has 0 spiro atoms. The lowest BCUT2D eigenvalue weighted by Crippen LogP contribution is -2.36. The Morgan fingerprint density at radius 2 is 1.77 bits per heavy atom. The van der Waals surface area contributed by atoms with Crippen molar-refractivity contribution in [3.8, 4) is 17.2 Å². The van der Waals surface area contributed by atoms with Gasteiger partial charge in [-0.15, -0.1) is 11.3 Å². The second kappa shape index (κ2) is 14.0. The number of nitrogens with one attached hydrogen (secondary N) is 1. The maximum Gasteiger partial charge on any atom is 0.267 e. The summed E-state index contributed by atoms with van der Waals surface area (Å²) in [6.07, 6.45) is 5.30. The van der Waals surface area contributed by atoms with Gasteiger partial charge in [-0.1, -0.05) is 36.4 Å². The van der Waals surface area contributed by atoms with E-state index >= 15 is 0 Å². The summed E-state index contributed by atoms with van der Waals surface area (Å²) < 4.78 is 19.2. The van der Waals surface area contributed by atoms with Crippen LogP contribution in [0.15, 0.2) is 52.4 Å². The predicted molar refractivity (Wildman–Crippen MR) is 178 cm³/mol. The van der Waals surface area contributed by atoms with E-state index in [0.717, 1.165) is 65.9 Å². The van der Waals surface area contributed by atoms with Crippen molar-refractivity contribution in [2.45, 2.75) is 51.1 Å². The number of nitrogens with zero attached hydrogens (tertiary/aromatic N) is 3. The van der Waals surface area contributed by atoms with Gasteiger partial charge in [-0.25, -0.2) is 4.98 Å². The molecule has 0 unspecified atom stereocenters. The van der Waals surface area contributed by atoms with Crippen molar-refractivity contribution in [3.05, 3.63) is 63.3 Å². The number of amides is 1. The molecule has 9 nitrogen and oxygen atoms in total. The number of morpholine rings is 1. The van der Waals surface area contributed by atoms with E-state index in [2.05, 4.69) is 10.2 Å². The standard InChI is InChI=1S/C33H38N4O5S2/c1-3-41-26-20-25(36-15-17-40-18-16-36)27(42-4-2)19-24(26)34-29(38)21-43-33-35-31-30(23-13-9-6-10-14-28(23)44-31)32(39)37(33)22-11-7-5-8-12-22/h5,7-8,11-12,19-20H,3-4,6,9-10,13-18,21H2,1-2H3,(H,34,38). The number of thiophene rings is 1. The zero-order valence-corrected chi connectivity index (χ0v) is 26.9. The van der Waals surface area contributed by atoms with Gasteiger partial charge >= 0.3 is 0 Å². The number of anilines is 2. The average Bonchev–Trinajstić information content (AvgIpc) is 3.23. The van der Waals surface area contributed by atoms with E-state index in [4.69, 9.17) is 19.2 Å². The number of aryl methyl sites for hydroxylation is 2. The molecule has 0 bridgehead atoms. The Kier molecular flexibility index (Phi) is 9.73. The number of hydrogen-bond donors (Lipinski definition) is 1. The zero-order valence-electron chi connectivity index (χ0n) is 25.2. The fourth-order valence-electron chi connectivity index (χ4n) is 5.83. The quantitative estimate of drug-likeness (QED) is 0.127. The molecule has 4 aromatic rings. The van der Waals surface area contributed by atoms with Crippen LogP contribution in [0.5, 0.6) is 11.5 Å². The van der Waals surface area contributed by atoms with Crippen LogP contribution >= 0.6 is 23.1 Å². The summed E-state index contributed by atoms with van der Waals surface area (Å²) in [5, 5.41) is 4.27. The van der Waals surface area contributed by atoms with Gasteiger partial charge in [-0.2, -0.15) is 0 Å². The predicted octanol–water partition coefficient (Wildman–Crippen LogP) is 6.08. The second-order valence-corrected chi connectivity index (χ2v) is 12.8. The molecule has 2 aromatic heterocycles. The smallest absolute Gasteiger partial charge is 0.267 e. The topological polar surface area (TPSA) is 94.9 Å². The van der Waals surface area contributed by atoms with Crippen LogP contribution in [-0.4, -0.2) is 60.7 Å². The Morgan fingerprint density at radius 3 is 2.55 bits per heavy atom. The van der Waals surface area contributed by atoms with Gasteiger partial charge in [0.25, 0.3) is 5.56 Å². The first kappa shape index (κ1) is 30.5. The molecule has 2 aromatic carbocycles. The van der Waals surface area contributed by atoms with Crippen molar-refractivity contribution < 1.29 is 19.0 Å². The molecular weight excluding hydrogens is 597 g/mol. The normalized spacial score (nSPS) is 15.1. The van der Waals surface area contributed by atoms with Crippen molar-refractivity contribution in [1.82, 2.24) is 9.55 Å². The summed E-state index contributed by atoms with van der Waals surface area (Å²) in [6.45, 7) is 7.60. The highest BCUT2D eigenvalue weighted by Gasteiger charge is 2.24. The number of para-hydroxylation sites is 1. The first-order valence-corrected chi connectivity index (χ1v) is 17.2. The second-order valence-electron chi connectivity index (χ2n) is 10.7. The van der Waals surface area contributed by atoms with Crippen molar-refractivity contribution in [1.29, 1.82) is 0 Å². The minimum atomic E-state index is -0.228. The third-order valence-corrected chi connectivity index (χ3v) is 9.97. The highest BCUT2D eigenvalue weighted by molar-refractivity contribution is 7.99. The maximum atomic E-state index is 14.1. The van der Waals surface area contributed by atoms with Gasteiger partial charge in [0.05, 0.1) is 54.6 Å². The number of rotatable bonds is 10. The van der Waals surface area contributed by atoms with Crippen LogP contribution in [0.2, 0.25) is 0 Å². The van der Waals surface area contributed by atoms with E-state index in [1.807, 2.05) is 56.3 Å². The van der Waals surface area contributed by atoms with Crippen LogP contribution in [0.3, 0.4) is 0 Å². The van der Waals surface area contributed by atoms with E-state index in [0.29, 0.717) is 48.8 Å². The van der Waals surface area contributed by atoms with E-state index in [1.165, 1.54) is 23.1 Å². The first-order valence-electron chi connectivity index (χ1n) is 15.4. The first-order chi connectivity index (χ1) is 21.6. The molecule has 0 radical (unpaired) electrons. The molecular formula is C33H38N4O5S2. The van der Waals surface area contributed by atoms with Crippen molar-refractivity contribution in [3.63, 3.8) is 0 Å². The fourth-order valence-corrected chi connectivity index (χ4v) is 7.94. The SMILES string of the molecule is CCOc1cc(N2CCOCC2)c(OCC)cc1NC(=O)CSc1nc2sc3c(c2c(=O)n1-c1ccccc1)CCCCC3. The van der Waals surface area contributed by atoms with Crippen LogP contribution in [-0.2, 0) is 22.4 Å². The van der Waals surface area contributed by atoms with Crippen molar-refractivity contribution in [2.24, 2.45) is 0 Å². The summed E-state index contributed by atoms with van der Waals surface area (Å²) in [4.78, 5) is 36.7. The largest absolute Gasteiger partial charge is 0.492 e. The molecule has 1 fully saturated rings. The van der Waals surface area contributed by atoms with E-state index in [9.17, 15) is 9.59 Å². The molecule has 1 amide bonds.